The van der Waals surface area contributed by atoms with Gasteiger partial charge in [-0.15, -0.1) is 11.8 Å². The molecular weight excluding hydrogens is 233 g/mol. The van der Waals surface area contributed by atoms with Crippen LogP contribution in [0.1, 0.15) is 6.42 Å². The Morgan fingerprint density at radius 2 is 2.31 bits per heavy atom. The summed E-state index contributed by atoms with van der Waals surface area (Å²) in [4.78, 5) is 15.6. The van der Waals surface area contributed by atoms with Gasteiger partial charge in [0, 0.05) is 16.3 Å². The molecule has 0 spiro atoms. The highest BCUT2D eigenvalue weighted by molar-refractivity contribution is 7.99. The van der Waals surface area contributed by atoms with E-state index in [9.17, 15) is 9.18 Å². The minimum atomic E-state index is -0.495. The maximum Gasteiger partial charge on any atom is 0.327 e. The molecule has 0 bridgehead atoms. The van der Waals surface area contributed by atoms with E-state index < -0.39 is 11.8 Å². The van der Waals surface area contributed by atoms with Crippen molar-refractivity contribution in [2.24, 2.45) is 5.84 Å². The average molecular weight is 245 g/mol. The van der Waals surface area contributed by atoms with Crippen LogP contribution in [-0.4, -0.2) is 11.7 Å². The average Bonchev–Trinajstić information content (AvgIpc) is 2.22. The number of anilines is 1. The van der Waals surface area contributed by atoms with Crippen molar-refractivity contribution in [1.29, 1.82) is 0 Å². The third-order valence-corrected chi connectivity index (χ3v) is 2.74. The van der Waals surface area contributed by atoms with E-state index >= 15 is 0 Å². The molecule has 0 saturated carbocycles. The Bertz CT molecular complexity index is 376. The summed E-state index contributed by atoms with van der Waals surface area (Å²) in [7, 11) is 0. The van der Waals surface area contributed by atoms with Crippen LogP contribution in [0.2, 0.25) is 0 Å². The quantitative estimate of drug-likeness (QED) is 0.308. The molecule has 5 N–H and O–H groups in total. The summed E-state index contributed by atoms with van der Waals surface area (Å²) >= 11 is 1.21. The van der Waals surface area contributed by atoms with Crippen molar-refractivity contribution < 1.29 is 14.0 Å². The highest BCUT2D eigenvalue weighted by atomic mass is 32.2. The topological polar surface area (TPSA) is 90.4 Å². The lowest BCUT2D eigenvalue weighted by Crippen LogP contribution is -2.26. The highest BCUT2D eigenvalue weighted by Crippen LogP contribution is 2.23. The monoisotopic (exact) mass is 245 g/mol. The second-order valence-electron chi connectivity index (χ2n) is 2.88. The summed E-state index contributed by atoms with van der Waals surface area (Å²) in [6, 6.07) is 4.41. The maximum absolute atomic E-state index is 13.3. The van der Waals surface area contributed by atoms with E-state index in [1.54, 1.807) is 17.7 Å². The fraction of sp³-hybridized carbons (Fsp3) is 0.222. The van der Waals surface area contributed by atoms with Crippen molar-refractivity contribution in [3.8, 4) is 0 Å². The van der Waals surface area contributed by atoms with Gasteiger partial charge in [0.1, 0.15) is 5.82 Å². The number of hydrogen-bond donors (Lipinski definition) is 3. The lowest BCUT2D eigenvalue weighted by molar-refractivity contribution is -0.150. The summed E-state index contributed by atoms with van der Waals surface area (Å²) in [5.74, 6) is 4.30. The first-order chi connectivity index (χ1) is 7.63. The summed E-state index contributed by atoms with van der Waals surface area (Å²) in [6.07, 6.45) is 0.138. The smallest absolute Gasteiger partial charge is 0.327 e. The molecule has 1 aromatic carbocycles. The minimum absolute atomic E-state index is 0.138. The number of hydrazine groups is 1. The van der Waals surface area contributed by atoms with Gasteiger partial charge in [-0.1, -0.05) is 5.59 Å². The number of thioether (sulfide) groups is 1. The van der Waals surface area contributed by atoms with Crippen LogP contribution < -0.4 is 17.2 Å². The van der Waals surface area contributed by atoms with Gasteiger partial charge in [-0.05, 0) is 18.2 Å². The summed E-state index contributed by atoms with van der Waals surface area (Å²) in [5.41, 5.74) is 7.55. The Morgan fingerprint density at radius 3 is 2.94 bits per heavy atom. The molecule has 0 saturated heterocycles. The van der Waals surface area contributed by atoms with Crippen molar-refractivity contribution in [1.82, 2.24) is 5.59 Å². The Kier molecular flexibility index (Phi) is 5.03. The SMILES string of the molecule is NNOC(=O)CCSc1ccc(N)cc1F. The third-order valence-electron chi connectivity index (χ3n) is 1.69. The number of hydrogen-bond acceptors (Lipinski definition) is 6. The molecule has 16 heavy (non-hydrogen) atoms. The zero-order valence-electron chi connectivity index (χ0n) is 8.40. The number of rotatable bonds is 5. The number of carbonyl (C=O) groups is 1. The number of carbonyl (C=O) groups excluding carboxylic acids is 1. The highest BCUT2D eigenvalue weighted by Gasteiger charge is 2.06. The van der Waals surface area contributed by atoms with Crippen molar-refractivity contribution in [2.45, 2.75) is 11.3 Å². The first-order valence-electron chi connectivity index (χ1n) is 4.46. The second kappa shape index (κ2) is 6.31. The first-order valence-corrected chi connectivity index (χ1v) is 5.45. The molecule has 0 aliphatic heterocycles. The Balaban J connectivity index is 2.40. The first kappa shape index (κ1) is 12.8. The molecule has 1 rings (SSSR count). The fourth-order valence-electron chi connectivity index (χ4n) is 0.995. The van der Waals surface area contributed by atoms with Crippen LogP contribution in [0, 0.1) is 5.82 Å². The molecule has 5 nitrogen and oxygen atoms in total. The Morgan fingerprint density at radius 1 is 1.56 bits per heavy atom. The van der Waals surface area contributed by atoms with E-state index in [2.05, 4.69) is 4.84 Å². The summed E-state index contributed by atoms with van der Waals surface area (Å²) < 4.78 is 13.3. The van der Waals surface area contributed by atoms with Gasteiger partial charge in [0.2, 0.25) is 0 Å². The van der Waals surface area contributed by atoms with E-state index in [4.69, 9.17) is 11.6 Å². The molecule has 0 aliphatic rings. The van der Waals surface area contributed by atoms with Crippen molar-refractivity contribution in [3.05, 3.63) is 24.0 Å². The van der Waals surface area contributed by atoms with E-state index in [0.717, 1.165) is 0 Å². The molecule has 0 fully saturated rings. The zero-order valence-corrected chi connectivity index (χ0v) is 9.22. The standard InChI is InChI=1S/C9H12FN3O2S/c10-7-5-6(11)1-2-8(7)16-4-3-9(14)15-13-12/h1-2,5,13H,3-4,11-12H2. The Hall–Kier alpha value is -1.31. The van der Waals surface area contributed by atoms with Gasteiger partial charge in [-0.2, -0.15) is 0 Å². The van der Waals surface area contributed by atoms with Crippen LogP contribution in [0.5, 0.6) is 0 Å². The van der Waals surface area contributed by atoms with Gasteiger partial charge in [0.05, 0.1) is 6.42 Å². The van der Waals surface area contributed by atoms with Crippen LogP contribution in [-0.2, 0) is 9.63 Å². The van der Waals surface area contributed by atoms with Crippen LogP contribution in [0.15, 0.2) is 23.1 Å². The van der Waals surface area contributed by atoms with Crippen molar-refractivity contribution in [2.75, 3.05) is 11.5 Å². The summed E-state index contributed by atoms with van der Waals surface area (Å²) in [5, 5.41) is 0. The molecule has 0 atom stereocenters. The van der Waals surface area contributed by atoms with E-state index in [1.807, 2.05) is 0 Å². The molecule has 0 radical (unpaired) electrons. The third kappa shape index (κ3) is 4.05. The van der Waals surface area contributed by atoms with Gasteiger partial charge in [-0.3, -0.25) is 4.79 Å². The molecule has 0 aromatic heterocycles. The van der Waals surface area contributed by atoms with E-state index in [-0.39, 0.29) is 6.42 Å². The lowest BCUT2D eigenvalue weighted by Gasteiger charge is -2.03. The number of benzene rings is 1. The fourth-order valence-corrected chi connectivity index (χ4v) is 1.84. The second-order valence-corrected chi connectivity index (χ2v) is 4.02. The van der Waals surface area contributed by atoms with Gasteiger partial charge in [0.15, 0.2) is 0 Å². The zero-order chi connectivity index (χ0) is 12.0. The summed E-state index contributed by atoms with van der Waals surface area (Å²) in [6.45, 7) is 0. The molecule has 1 aromatic rings. The lowest BCUT2D eigenvalue weighted by atomic mass is 10.3. The van der Waals surface area contributed by atoms with Gasteiger partial charge in [0.25, 0.3) is 0 Å². The van der Waals surface area contributed by atoms with E-state index in [1.165, 1.54) is 17.8 Å². The number of nitrogens with one attached hydrogen (secondary N) is 1. The number of nitrogen functional groups attached to an aromatic ring is 1. The van der Waals surface area contributed by atoms with Crippen molar-refractivity contribution in [3.63, 3.8) is 0 Å². The predicted octanol–water partition coefficient (Wildman–Crippen LogP) is 0.812. The molecule has 88 valence electrons. The van der Waals surface area contributed by atoms with E-state index in [0.29, 0.717) is 16.3 Å². The molecule has 0 heterocycles. The Labute approximate surface area is 96.2 Å². The predicted molar refractivity (Wildman–Crippen MR) is 59.6 cm³/mol. The van der Waals surface area contributed by atoms with Gasteiger partial charge in [-0.25, -0.2) is 10.2 Å². The van der Waals surface area contributed by atoms with Crippen molar-refractivity contribution >= 4 is 23.4 Å². The minimum Gasteiger partial charge on any atom is -0.399 e. The largest absolute Gasteiger partial charge is 0.399 e. The normalized spacial score (nSPS) is 10.1. The van der Waals surface area contributed by atoms with Crippen LogP contribution in [0.3, 0.4) is 0 Å². The molecular formula is C9H12FN3O2S. The van der Waals surface area contributed by atoms with Crippen LogP contribution >= 0.6 is 11.8 Å². The van der Waals surface area contributed by atoms with Crippen LogP contribution in [0.4, 0.5) is 10.1 Å². The van der Waals surface area contributed by atoms with Gasteiger partial charge < -0.3 is 10.6 Å². The molecule has 7 heteroatoms. The van der Waals surface area contributed by atoms with Crippen LogP contribution in [0.25, 0.3) is 0 Å². The van der Waals surface area contributed by atoms with Gasteiger partial charge >= 0.3 is 5.97 Å². The molecule has 0 amide bonds. The molecule has 0 unspecified atom stereocenters. The maximum atomic E-state index is 13.3. The molecule has 0 aliphatic carbocycles. The number of nitrogens with two attached hydrogens (primary N) is 2. The number of halogens is 1.